The molecule has 0 bridgehead atoms. The van der Waals surface area contributed by atoms with Crippen LogP contribution in [0.4, 0.5) is 0 Å². The van der Waals surface area contributed by atoms with E-state index in [2.05, 4.69) is 39.3 Å². The van der Waals surface area contributed by atoms with Gasteiger partial charge in [0.2, 0.25) is 0 Å². The Hall–Kier alpha value is 0.354. The maximum Gasteiger partial charge on any atom is 0.183 e. The molecule has 0 aliphatic rings. The van der Waals surface area contributed by atoms with E-state index in [1.165, 1.54) is 51.4 Å². The molecule has 0 saturated carbocycles. The van der Waals surface area contributed by atoms with E-state index >= 15 is 0 Å². The predicted octanol–water partition coefficient (Wildman–Crippen LogP) is 5.81. The molecular weight excluding hydrogens is 280 g/mol. The fourth-order valence-electron chi connectivity index (χ4n) is 2.02. The van der Waals surface area contributed by atoms with Gasteiger partial charge < -0.3 is 8.85 Å². The van der Waals surface area contributed by atoms with E-state index in [0.29, 0.717) is 0 Å². The summed E-state index contributed by atoms with van der Waals surface area (Å²) in [6, 6.07) is 0. The summed E-state index contributed by atoms with van der Waals surface area (Å²) in [5.74, 6) is 0. The van der Waals surface area contributed by atoms with Crippen LogP contribution >= 0.6 is 0 Å². The number of rotatable bonds is 13. The van der Waals surface area contributed by atoms with Crippen LogP contribution < -0.4 is 0 Å². The molecule has 122 valence electrons. The van der Waals surface area contributed by atoms with Crippen LogP contribution in [0.25, 0.3) is 0 Å². The minimum Gasteiger partial charge on any atom is -0.418 e. The molecule has 0 fully saturated rings. The third-order valence-corrected chi connectivity index (χ3v) is 5.25. The highest BCUT2D eigenvalue weighted by atomic mass is 28.4. The van der Waals surface area contributed by atoms with Gasteiger partial charge in [0.05, 0.1) is 0 Å². The van der Waals surface area contributed by atoms with Crippen LogP contribution in [0, 0.1) is 0 Å². The van der Waals surface area contributed by atoms with E-state index in [4.69, 9.17) is 8.85 Å². The molecule has 0 N–H and O–H groups in total. The molecule has 0 aliphatic carbocycles. The average molecular weight is 319 g/mol. The van der Waals surface area contributed by atoms with Crippen LogP contribution in [-0.2, 0) is 8.85 Å². The van der Waals surface area contributed by atoms with Crippen LogP contribution in [0.1, 0.15) is 51.4 Å². The van der Waals surface area contributed by atoms with Gasteiger partial charge in [-0.2, -0.15) is 0 Å². The van der Waals surface area contributed by atoms with Crippen molar-refractivity contribution in [1.82, 2.24) is 0 Å². The molecule has 0 aromatic carbocycles. The van der Waals surface area contributed by atoms with Gasteiger partial charge in [0.15, 0.2) is 16.6 Å². The molecule has 20 heavy (non-hydrogen) atoms. The molecule has 0 atom stereocenters. The molecule has 4 heteroatoms. The van der Waals surface area contributed by atoms with E-state index < -0.39 is 16.6 Å². The summed E-state index contributed by atoms with van der Waals surface area (Å²) in [7, 11) is -2.55. The van der Waals surface area contributed by atoms with Gasteiger partial charge in [-0.3, -0.25) is 0 Å². The average Bonchev–Trinajstić information content (AvgIpc) is 2.27. The van der Waals surface area contributed by atoms with Gasteiger partial charge in [-0.05, 0) is 52.1 Å². The Labute approximate surface area is 129 Å². The zero-order chi connectivity index (χ0) is 15.5. The van der Waals surface area contributed by atoms with Crippen molar-refractivity contribution in [2.24, 2.45) is 0 Å². The molecule has 0 heterocycles. The molecule has 0 rings (SSSR count). The summed E-state index contributed by atoms with van der Waals surface area (Å²) in [4.78, 5) is 0. The first kappa shape index (κ1) is 20.4. The molecule has 0 spiro atoms. The number of hydrogen-bond acceptors (Lipinski definition) is 2. The fraction of sp³-hybridized carbons (Fsp3) is 1.00. The van der Waals surface area contributed by atoms with Crippen molar-refractivity contribution >= 4 is 16.6 Å². The van der Waals surface area contributed by atoms with Crippen molar-refractivity contribution in [3.8, 4) is 0 Å². The van der Waals surface area contributed by atoms with Crippen molar-refractivity contribution in [2.75, 3.05) is 13.2 Å². The third kappa shape index (κ3) is 18.4. The van der Waals surface area contributed by atoms with E-state index in [-0.39, 0.29) is 0 Å². The lowest BCUT2D eigenvalue weighted by Crippen LogP contribution is -2.25. The summed E-state index contributed by atoms with van der Waals surface area (Å²) in [6.07, 6.45) is 10.7. The molecule has 0 radical (unpaired) electrons. The van der Waals surface area contributed by atoms with Gasteiger partial charge in [-0.25, -0.2) is 0 Å². The van der Waals surface area contributed by atoms with Gasteiger partial charge >= 0.3 is 0 Å². The Balaban J connectivity index is 3.10. The van der Waals surface area contributed by atoms with Crippen LogP contribution in [-0.4, -0.2) is 29.8 Å². The molecular formula is C16H38O2Si2. The van der Waals surface area contributed by atoms with E-state index in [0.717, 1.165) is 13.2 Å². The Kier molecular flexibility index (Phi) is 11.2. The lowest BCUT2D eigenvalue weighted by atomic mass is 10.1. The normalized spacial score (nSPS) is 12.9. The smallest absolute Gasteiger partial charge is 0.183 e. The van der Waals surface area contributed by atoms with E-state index in [1.807, 2.05) is 0 Å². The Morgan fingerprint density at radius 1 is 0.450 bits per heavy atom. The summed E-state index contributed by atoms with van der Waals surface area (Å²) < 4.78 is 11.7. The first-order chi connectivity index (χ1) is 9.21. The first-order valence-corrected chi connectivity index (χ1v) is 15.3. The summed E-state index contributed by atoms with van der Waals surface area (Å²) in [5.41, 5.74) is 0. The van der Waals surface area contributed by atoms with Crippen LogP contribution in [0.2, 0.25) is 39.3 Å². The zero-order valence-electron chi connectivity index (χ0n) is 14.9. The largest absolute Gasteiger partial charge is 0.418 e. The van der Waals surface area contributed by atoms with Crippen LogP contribution in [0.3, 0.4) is 0 Å². The summed E-state index contributed by atoms with van der Waals surface area (Å²) in [6.45, 7) is 15.5. The summed E-state index contributed by atoms with van der Waals surface area (Å²) >= 11 is 0. The van der Waals surface area contributed by atoms with Crippen molar-refractivity contribution in [2.45, 2.75) is 90.6 Å². The Bertz CT molecular complexity index is 195. The quantitative estimate of drug-likeness (QED) is 0.315. The highest BCUT2D eigenvalue weighted by Crippen LogP contribution is 2.11. The predicted molar refractivity (Wildman–Crippen MR) is 95.5 cm³/mol. The van der Waals surface area contributed by atoms with Crippen molar-refractivity contribution in [3.63, 3.8) is 0 Å². The fourth-order valence-corrected chi connectivity index (χ4v) is 3.53. The van der Waals surface area contributed by atoms with Gasteiger partial charge in [-0.1, -0.05) is 38.5 Å². The van der Waals surface area contributed by atoms with Crippen LogP contribution in [0.5, 0.6) is 0 Å². The van der Waals surface area contributed by atoms with Gasteiger partial charge in [0, 0.05) is 13.2 Å². The highest BCUT2D eigenvalue weighted by Gasteiger charge is 2.13. The Morgan fingerprint density at radius 2 is 0.700 bits per heavy atom. The zero-order valence-corrected chi connectivity index (χ0v) is 16.9. The first-order valence-electron chi connectivity index (χ1n) is 8.49. The number of unbranched alkanes of at least 4 members (excludes halogenated alkanes) is 7. The van der Waals surface area contributed by atoms with Gasteiger partial charge in [-0.15, -0.1) is 0 Å². The maximum atomic E-state index is 5.86. The lowest BCUT2D eigenvalue weighted by molar-refractivity contribution is 0.295. The topological polar surface area (TPSA) is 18.5 Å². The van der Waals surface area contributed by atoms with E-state index in [1.54, 1.807) is 0 Å². The van der Waals surface area contributed by atoms with Gasteiger partial charge in [0.25, 0.3) is 0 Å². The molecule has 0 aliphatic heterocycles. The minimum absolute atomic E-state index is 0.976. The lowest BCUT2D eigenvalue weighted by Gasteiger charge is -2.17. The Morgan fingerprint density at radius 3 is 0.950 bits per heavy atom. The molecule has 0 saturated heterocycles. The second kappa shape index (κ2) is 11.0. The van der Waals surface area contributed by atoms with Crippen molar-refractivity contribution in [1.29, 1.82) is 0 Å². The van der Waals surface area contributed by atoms with Crippen LogP contribution in [0.15, 0.2) is 0 Å². The monoisotopic (exact) mass is 318 g/mol. The molecule has 0 amide bonds. The second-order valence-electron chi connectivity index (χ2n) is 7.75. The standard InChI is InChI=1S/C16H38O2Si2/c1-19(2,3)17-15-13-11-9-7-8-10-12-14-16-18-20(4,5)6/h7-16H2,1-6H3. The molecule has 0 unspecified atom stereocenters. The molecule has 2 nitrogen and oxygen atoms in total. The van der Waals surface area contributed by atoms with E-state index in [9.17, 15) is 0 Å². The van der Waals surface area contributed by atoms with Crippen molar-refractivity contribution < 1.29 is 8.85 Å². The third-order valence-electron chi connectivity index (χ3n) is 3.11. The number of hydrogen-bond donors (Lipinski definition) is 0. The highest BCUT2D eigenvalue weighted by molar-refractivity contribution is 6.70. The summed E-state index contributed by atoms with van der Waals surface area (Å²) in [5, 5.41) is 0. The maximum absolute atomic E-state index is 5.86. The molecule has 0 aromatic heterocycles. The minimum atomic E-state index is -1.27. The van der Waals surface area contributed by atoms with Gasteiger partial charge in [0.1, 0.15) is 0 Å². The van der Waals surface area contributed by atoms with Crippen molar-refractivity contribution in [3.05, 3.63) is 0 Å². The second-order valence-corrected chi connectivity index (χ2v) is 16.8. The molecule has 0 aromatic rings. The SMILES string of the molecule is C[Si](C)(C)OCCCCCCCCCCO[Si](C)(C)C.